The van der Waals surface area contributed by atoms with Crippen LogP contribution in [-0.2, 0) is 38.1 Å². The van der Waals surface area contributed by atoms with E-state index < -0.39 is 0 Å². The van der Waals surface area contributed by atoms with Crippen LogP contribution in [0.5, 0.6) is 0 Å². The molecule has 0 aromatic rings. The van der Waals surface area contributed by atoms with E-state index in [1.54, 1.807) is 0 Å². The summed E-state index contributed by atoms with van der Waals surface area (Å²) in [5, 5.41) is 0. The Morgan fingerprint density at radius 1 is 0.295 bits per heavy atom. The van der Waals surface area contributed by atoms with Gasteiger partial charge in [-0.3, -0.25) is 19.2 Å². The number of unbranched alkanes of at least 4 members (excludes halogenated alkanes) is 17. The van der Waals surface area contributed by atoms with Gasteiger partial charge in [-0.2, -0.15) is 0 Å². The van der Waals surface area contributed by atoms with Crippen molar-refractivity contribution in [3.8, 4) is 0 Å². The van der Waals surface area contributed by atoms with E-state index in [4.69, 9.17) is 18.9 Å². The molecule has 0 aromatic carbocycles. The van der Waals surface area contributed by atoms with Gasteiger partial charge in [0.15, 0.2) is 0 Å². The SMILES string of the molecule is CCCCCCC(=O)OCCCCCCCOC(=O)CCCCCCC(=O)OCCCCCCCOC(=O)CCCCCC. The highest BCUT2D eigenvalue weighted by Crippen LogP contribution is 2.10. The minimum Gasteiger partial charge on any atom is -0.466 e. The van der Waals surface area contributed by atoms with E-state index in [2.05, 4.69) is 13.8 Å². The van der Waals surface area contributed by atoms with Crippen molar-refractivity contribution in [2.24, 2.45) is 0 Å². The summed E-state index contributed by atoms with van der Waals surface area (Å²) in [5.41, 5.74) is 0. The molecule has 0 radical (unpaired) electrons. The number of rotatable bonds is 33. The van der Waals surface area contributed by atoms with Crippen molar-refractivity contribution < 1.29 is 38.1 Å². The van der Waals surface area contributed by atoms with Crippen LogP contribution in [0.25, 0.3) is 0 Å². The third kappa shape index (κ3) is 32.8. The lowest BCUT2D eigenvalue weighted by atomic mass is 10.1. The molecule has 0 bridgehead atoms. The molecule has 8 heteroatoms. The molecule has 0 fully saturated rings. The van der Waals surface area contributed by atoms with Crippen molar-refractivity contribution in [2.45, 2.75) is 181 Å². The maximum Gasteiger partial charge on any atom is 0.305 e. The monoisotopic (exact) mass is 626 g/mol. The van der Waals surface area contributed by atoms with Gasteiger partial charge in [0.1, 0.15) is 0 Å². The van der Waals surface area contributed by atoms with Gasteiger partial charge in [0.2, 0.25) is 0 Å². The third-order valence-corrected chi connectivity index (χ3v) is 7.61. The molecule has 0 amide bonds. The minimum absolute atomic E-state index is 0.0779. The van der Waals surface area contributed by atoms with Crippen molar-refractivity contribution in [3.63, 3.8) is 0 Å². The van der Waals surface area contributed by atoms with Gasteiger partial charge in [0.25, 0.3) is 0 Å². The Balaban J connectivity index is 3.36. The van der Waals surface area contributed by atoms with E-state index in [0.717, 1.165) is 116 Å². The van der Waals surface area contributed by atoms with Crippen molar-refractivity contribution in [1.29, 1.82) is 0 Å². The second kappa shape index (κ2) is 33.8. The molecule has 0 rings (SSSR count). The summed E-state index contributed by atoms with van der Waals surface area (Å²) in [4.78, 5) is 47.0. The number of esters is 4. The van der Waals surface area contributed by atoms with Crippen LogP contribution in [0.2, 0.25) is 0 Å². The van der Waals surface area contributed by atoms with Crippen LogP contribution in [-0.4, -0.2) is 50.3 Å². The summed E-state index contributed by atoms with van der Waals surface area (Å²) in [5.74, 6) is -0.445. The quantitative estimate of drug-likeness (QED) is 0.0403. The van der Waals surface area contributed by atoms with Gasteiger partial charge in [-0.25, -0.2) is 0 Å². The first kappa shape index (κ1) is 41.9. The minimum atomic E-state index is -0.144. The van der Waals surface area contributed by atoms with Crippen LogP contribution in [0.3, 0.4) is 0 Å². The second-order valence-corrected chi connectivity index (χ2v) is 12.0. The molecule has 0 spiro atoms. The first-order valence-electron chi connectivity index (χ1n) is 18.1. The lowest BCUT2D eigenvalue weighted by Gasteiger charge is -2.07. The Hall–Kier alpha value is -2.12. The molecule has 0 saturated heterocycles. The molecule has 0 aliphatic carbocycles. The highest BCUT2D eigenvalue weighted by molar-refractivity contribution is 5.70. The molecule has 0 N–H and O–H groups in total. The largest absolute Gasteiger partial charge is 0.466 e. The van der Waals surface area contributed by atoms with E-state index in [1.165, 1.54) is 25.7 Å². The van der Waals surface area contributed by atoms with Crippen molar-refractivity contribution in [2.75, 3.05) is 26.4 Å². The first-order chi connectivity index (χ1) is 21.5. The summed E-state index contributed by atoms with van der Waals surface area (Å²) in [7, 11) is 0. The second-order valence-electron chi connectivity index (χ2n) is 12.0. The molecule has 258 valence electrons. The molecule has 0 atom stereocenters. The molecule has 0 heterocycles. The summed E-state index contributed by atoms with van der Waals surface area (Å²) >= 11 is 0. The molecular formula is C36H66O8. The van der Waals surface area contributed by atoms with Gasteiger partial charge in [0, 0.05) is 25.7 Å². The van der Waals surface area contributed by atoms with Gasteiger partial charge in [0.05, 0.1) is 26.4 Å². The lowest BCUT2D eigenvalue weighted by molar-refractivity contribution is -0.145. The Bertz CT molecular complexity index is 636. The topological polar surface area (TPSA) is 105 Å². The van der Waals surface area contributed by atoms with E-state index in [1.807, 2.05) is 0 Å². The Morgan fingerprint density at radius 3 is 0.750 bits per heavy atom. The third-order valence-electron chi connectivity index (χ3n) is 7.61. The predicted molar refractivity (Wildman–Crippen MR) is 175 cm³/mol. The fourth-order valence-electron chi connectivity index (χ4n) is 4.79. The fourth-order valence-corrected chi connectivity index (χ4v) is 4.79. The number of hydrogen-bond acceptors (Lipinski definition) is 8. The molecular weight excluding hydrogens is 560 g/mol. The van der Waals surface area contributed by atoms with E-state index in [0.29, 0.717) is 52.1 Å². The summed E-state index contributed by atoms with van der Waals surface area (Å²) in [6.45, 7) is 6.25. The van der Waals surface area contributed by atoms with Crippen LogP contribution in [0.15, 0.2) is 0 Å². The van der Waals surface area contributed by atoms with Gasteiger partial charge in [-0.15, -0.1) is 0 Å². The maximum atomic E-state index is 11.9. The normalized spacial score (nSPS) is 10.9. The number of hydrogen-bond donors (Lipinski definition) is 0. The zero-order valence-corrected chi connectivity index (χ0v) is 28.5. The number of ether oxygens (including phenoxy) is 4. The van der Waals surface area contributed by atoms with Crippen LogP contribution in [0, 0.1) is 0 Å². The Kier molecular flexibility index (Phi) is 32.1. The van der Waals surface area contributed by atoms with Gasteiger partial charge < -0.3 is 18.9 Å². The van der Waals surface area contributed by atoms with Crippen LogP contribution < -0.4 is 0 Å². The smallest absolute Gasteiger partial charge is 0.305 e. The average Bonchev–Trinajstić information content (AvgIpc) is 3.01. The zero-order valence-electron chi connectivity index (χ0n) is 28.5. The molecule has 0 aliphatic heterocycles. The molecule has 0 aliphatic rings. The van der Waals surface area contributed by atoms with Crippen molar-refractivity contribution in [1.82, 2.24) is 0 Å². The standard InChI is InChI=1S/C36H66O8/c1-3-5-7-17-25-33(37)41-29-21-13-9-15-23-31-43-35(39)27-19-11-12-20-28-36(40)44-32-24-16-10-14-22-30-42-34(38)26-18-8-6-4-2/h3-32H2,1-2H3. The van der Waals surface area contributed by atoms with E-state index in [-0.39, 0.29) is 23.9 Å². The highest BCUT2D eigenvalue weighted by atomic mass is 16.5. The van der Waals surface area contributed by atoms with Crippen molar-refractivity contribution >= 4 is 23.9 Å². The lowest BCUT2D eigenvalue weighted by Crippen LogP contribution is -2.07. The summed E-state index contributed by atoms with van der Waals surface area (Å²) in [6, 6.07) is 0. The van der Waals surface area contributed by atoms with Gasteiger partial charge in [-0.1, -0.05) is 104 Å². The van der Waals surface area contributed by atoms with Gasteiger partial charge >= 0.3 is 23.9 Å². The molecule has 8 nitrogen and oxygen atoms in total. The first-order valence-corrected chi connectivity index (χ1v) is 18.1. The van der Waals surface area contributed by atoms with Crippen LogP contribution in [0.1, 0.15) is 181 Å². The summed E-state index contributed by atoms with van der Waals surface area (Å²) in [6.07, 6.45) is 23.7. The van der Waals surface area contributed by atoms with Crippen molar-refractivity contribution in [3.05, 3.63) is 0 Å². The van der Waals surface area contributed by atoms with Crippen LogP contribution >= 0.6 is 0 Å². The zero-order chi connectivity index (χ0) is 32.4. The Morgan fingerprint density at radius 2 is 0.500 bits per heavy atom. The van der Waals surface area contributed by atoms with E-state index in [9.17, 15) is 19.2 Å². The molecule has 0 unspecified atom stereocenters. The van der Waals surface area contributed by atoms with Gasteiger partial charge in [-0.05, 0) is 51.4 Å². The fraction of sp³-hybridized carbons (Fsp3) is 0.889. The number of carbonyl (C=O) groups excluding carboxylic acids is 4. The molecule has 44 heavy (non-hydrogen) atoms. The predicted octanol–water partition coefficient (Wildman–Crippen LogP) is 9.34. The average molecular weight is 627 g/mol. The Labute approximate surface area is 269 Å². The molecule has 0 aromatic heterocycles. The summed E-state index contributed by atoms with van der Waals surface area (Å²) < 4.78 is 21.2. The number of carbonyl (C=O) groups is 4. The van der Waals surface area contributed by atoms with Crippen LogP contribution in [0.4, 0.5) is 0 Å². The molecule has 0 saturated carbocycles. The maximum absolute atomic E-state index is 11.9. The van der Waals surface area contributed by atoms with E-state index >= 15 is 0 Å². The highest BCUT2D eigenvalue weighted by Gasteiger charge is 2.06.